The van der Waals surface area contributed by atoms with E-state index < -0.39 is 0 Å². The maximum absolute atomic E-state index is 4.26. The van der Waals surface area contributed by atoms with E-state index in [1.807, 2.05) is 20.0 Å². The highest BCUT2D eigenvalue weighted by molar-refractivity contribution is 5.55. The molecule has 0 aliphatic heterocycles. The molecule has 1 aromatic rings. The highest BCUT2D eigenvalue weighted by Crippen LogP contribution is 2.25. The molecule has 0 N–H and O–H groups in total. The molecule has 0 atom stereocenters. The minimum Gasteiger partial charge on any atom is -0.244 e. The second-order valence-electron chi connectivity index (χ2n) is 3.81. The van der Waals surface area contributed by atoms with Crippen LogP contribution in [0, 0.1) is 5.92 Å². The van der Waals surface area contributed by atoms with Gasteiger partial charge >= 0.3 is 0 Å². The van der Waals surface area contributed by atoms with Gasteiger partial charge in [-0.3, -0.25) is 0 Å². The van der Waals surface area contributed by atoms with E-state index in [-0.39, 0.29) is 0 Å². The van der Waals surface area contributed by atoms with Gasteiger partial charge in [0.2, 0.25) is 0 Å². The molecule has 0 spiro atoms. The number of aryl methyl sites for hydroxylation is 1. The van der Waals surface area contributed by atoms with Crippen molar-refractivity contribution in [1.82, 2.24) is 9.97 Å². The van der Waals surface area contributed by atoms with Gasteiger partial charge in [0, 0.05) is 6.20 Å². The molecule has 0 fully saturated rings. The van der Waals surface area contributed by atoms with Gasteiger partial charge < -0.3 is 0 Å². The van der Waals surface area contributed by atoms with E-state index in [0.29, 0.717) is 5.92 Å². The van der Waals surface area contributed by atoms with Gasteiger partial charge in [0.25, 0.3) is 0 Å². The number of allylic oxidation sites excluding steroid dienone is 1. The van der Waals surface area contributed by atoms with Crippen molar-refractivity contribution in [3.63, 3.8) is 0 Å². The average molecular weight is 204 g/mol. The summed E-state index contributed by atoms with van der Waals surface area (Å²) < 4.78 is 0. The summed E-state index contributed by atoms with van der Waals surface area (Å²) >= 11 is 0. The summed E-state index contributed by atoms with van der Waals surface area (Å²) in [7, 11) is 0. The van der Waals surface area contributed by atoms with Crippen molar-refractivity contribution in [3.05, 3.63) is 29.4 Å². The van der Waals surface area contributed by atoms with Crippen molar-refractivity contribution in [1.29, 1.82) is 0 Å². The SMILES string of the molecule is CC.CC(C)C1=Cc2ncncc2CC1. The maximum atomic E-state index is 4.26. The van der Waals surface area contributed by atoms with Crippen molar-refractivity contribution >= 4 is 6.08 Å². The van der Waals surface area contributed by atoms with Gasteiger partial charge in [-0.05, 0) is 30.4 Å². The summed E-state index contributed by atoms with van der Waals surface area (Å²) in [5.41, 5.74) is 3.91. The Morgan fingerprint density at radius 3 is 2.60 bits per heavy atom. The first-order chi connectivity index (χ1) is 7.27. The third-order valence-corrected chi connectivity index (χ3v) is 2.57. The zero-order chi connectivity index (χ0) is 11.3. The number of fused-ring (bicyclic) bond motifs is 1. The first-order valence-electron chi connectivity index (χ1n) is 5.76. The predicted octanol–water partition coefficient (Wildman–Crippen LogP) is 3.49. The van der Waals surface area contributed by atoms with E-state index in [9.17, 15) is 0 Å². The van der Waals surface area contributed by atoms with E-state index in [1.54, 1.807) is 6.33 Å². The Morgan fingerprint density at radius 2 is 1.93 bits per heavy atom. The summed E-state index contributed by atoms with van der Waals surface area (Å²) in [6.45, 7) is 8.47. The zero-order valence-electron chi connectivity index (χ0n) is 10.1. The molecule has 2 heteroatoms. The average Bonchev–Trinajstić information content (AvgIpc) is 2.31. The lowest BCUT2D eigenvalue weighted by Crippen LogP contribution is -2.05. The van der Waals surface area contributed by atoms with Crippen LogP contribution in [-0.4, -0.2) is 9.97 Å². The smallest absolute Gasteiger partial charge is 0.116 e. The largest absolute Gasteiger partial charge is 0.244 e. The van der Waals surface area contributed by atoms with Crippen molar-refractivity contribution in [2.45, 2.75) is 40.5 Å². The lowest BCUT2D eigenvalue weighted by molar-refractivity contribution is 0.705. The Morgan fingerprint density at radius 1 is 1.20 bits per heavy atom. The molecule has 15 heavy (non-hydrogen) atoms. The Hall–Kier alpha value is -1.18. The Balaban J connectivity index is 0.000000531. The molecular weight excluding hydrogens is 184 g/mol. The third kappa shape index (κ3) is 2.88. The van der Waals surface area contributed by atoms with Gasteiger partial charge in [-0.2, -0.15) is 0 Å². The van der Waals surface area contributed by atoms with Crippen molar-refractivity contribution < 1.29 is 0 Å². The van der Waals surface area contributed by atoms with Gasteiger partial charge in [0.05, 0.1) is 5.69 Å². The molecule has 2 nitrogen and oxygen atoms in total. The fraction of sp³-hybridized carbons (Fsp3) is 0.538. The van der Waals surface area contributed by atoms with Crippen LogP contribution in [0.5, 0.6) is 0 Å². The van der Waals surface area contributed by atoms with Gasteiger partial charge in [-0.15, -0.1) is 0 Å². The number of aromatic nitrogens is 2. The number of hydrogen-bond donors (Lipinski definition) is 0. The summed E-state index contributed by atoms with van der Waals surface area (Å²) in [4.78, 5) is 8.29. The van der Waals surface area contributed by atoms with Crippen LogP contribution in [0.3, 0.4) is 0 Å². The topological polar surface area (TPSA) is 25.8 Å². The standard InChI is InChI=1S/C11H14N2.C2H6/c1-8(2)9-3-4-10-6-12-7-13-11(10)5-9;1-2/h5-8H,3-4H2,1-2H3;1-2H3. The Labute approximate surface area is 92.5 Å². The molecule has 1 aliphatic rings. The molecule has 2 rings (SSSR count). The monoisotopic (exact) mass is 204 g/mol. The molecule has 0 saturated heterocycles. The highest BCUT2D eigenvalue weighted by Gasteiger charge is 2.12. The molecule has 1 aromatic heterocycles. The third-order valence-electron chi connectivity index (χ3n) is 2.57. The van der Waals surface area contributed by atoms with Gasteiger partial charge in [0.1, 0.15) is 6.33 Å². The lowest BCUT2D eigenvalue weighted by atomic mass is 9.90. The quantitative estimate of drug-likeness (QED) is 0.699. The molecule has 0 bridgehead atoms. The molecule has 0 radical (unpaired) electrons. The van der Waals surface area contributed by atoms with E-state index in [1.165, 1.54) is 11.1 Å². The van der Waals surface area contributed by atoms with Crippen LogP contribution in [0.2, 0.25) is 0 Å². The van der Waals surface area contributed by atoms with Crippen LogP contribution in [0.1, 0.15) is 45.4 Å². The predicted molar refractivity (Wildman–Crippen MR) is 64.5 cm³/mol. The van der Waals surface area contributed by atoms with Crippen LogP contribution in [0.25, 0.3) is 6.08 Å². The maximum Gasteiger partial charge on any atom is 0.116 e. The fourth-order valence-corrected chi connectivity index (χ4v) is 1.67. The van der Waals surface area contributed by atoms with Crippen LogP contribution in [0.4, 0.5) is 0 Å². The number of nitrogens with zero attached hydrogens (tertiary/aromatic N) is 2. The molecule has 0 amide bonds. The molecule has 0 aromatic carbocycles. The fourth-order valence-electron chi connectivity index (χ4n) is 1.67. The van der Waals surface area contributed by atoms with Crippen LogP contribution >= 0.6 is 0 Å². The lowest BCUT2D eigenvalue weighted by Gasteiger charge is -2.17. The molecular formula is C13H20N2. The number of rotatable bonds is 1. The summed E-state index contributed by atoms with van der Waals surface area (Å²) in [5, 5.41) is 0. The van der Waals surface area contributed by atoms with Gasteiger partial charge in [-0.25, -0.2) is 9.97 Å². The molecule has 0 saturated carbocycles. The van der Waals surface area contributed by atoms with Crippen LogP contribution < -0.4 is 0 Å². The normalized spacial score (nSPS) is 13.8. The van der Waals surface area contributed by atoms with Crippen LogP contribution in [0.15, 0.2) is 18.1 Å². The van der Waals surface area contributed by atoms with E-state index in [0.717, 1.165) is 18.5 Å². The van der Waals surface area contributed by atoms with E-state index >= 15 is 0 Å². The molecule has 0 unspecified atom stereocenters. The van der Waals surface area contributed by atoms with Crippen molar-refractivity contribution in [2.75, 3.05) is 0 Å². The Bertz CT molecular complexity index is 340. The van der Waals surface area contributed by atoms with Crippen molar-refractivity contribution in [3.8, 4) is 0 Å². The molecule has 82 valence electrons. The number of hydrogen-bond acceptors (Lipinski definition) is 2. The summed E-state index contributed by atoms with van der Waals surface area (Å²) in [6.07, 6.45) is 8.03. The first-order valence-corrected chi connectivity index (χ1v) is 5.76. The summed E-state index contributed by atoms with van der Waals surface area (Å²) in [6, 6.07) is 0. The highest BCUT2D eigenvalue weighted by atomic mass is 14.8. The minimum atomic E-state index is 0.642. The Kier molecular flexibility index (Phi) is 4.47. The minimum absolute atomic E-state index is 0.642. The van der Waals surface area contributed by atoms with Crippen LogP contribution in [-0.2, 0) is 6.42 Å². The second-order valence-corrected chi connectivity index (χ2v) is 3.81. The first kappa shape index (κ1) is 11.9. The molecule has 1 aliphatic carbocycles. The van der Waals surface area contributed by atoms with Gasteiger partial charge in [0.15, 0.2) is 0 Å². The van der Waals surface area contributed by atoms with Crippen molar-refractivity contribution in [2.24, 2.45) is 5.92 Å². The second kappa shape index (κ2) is 5.64. The molecule has 1 heterocycles. The van der Waals surface area contributed by atoms with E-state index in [2.05, 4.69) is 29.9 Å². The van der Waals surface area contributed by atoms with E-state index in [4.69, 9.17) is 0 Å². The summed E-state index contributed by atoms with van der Waals surface area (Å²) in [5.74, 6) is 0.642. The zero-order valence-corrected chi connectivity index (χ0v) is 10.1. The van der Waals surface area contributed by atoms with Gasteiger partial charge in [-0.1, -0.05) is 33.3 Å².